The van der Waals surface area contributed by atoms with Crippen LogP contribution in [0.25, 0.3) is 0 Å². The van der Waals surface area contributed by atoms with E-state index in [4.69, 9.17) is 27.9 Å². The van der Waals surface area contributed by atoms with Crippen LogP contribution in [-0.4, -0.2) is 43.0 Å². The van der Waals surface area contributed by atoms with Gasteiger partial charge in [0.2, 0.25) is 0 Å². The number of aromatic carboxylic acids is 1. The predicted molar refractivity (Wildman–Crippen MR) is 73.6 cm³/mol. The summed E-state index contributed by atoms with van der Waals surface area (Å²) in [6.45, 7) is 1.06. The number of benzene rings is 1. The van der Waals surface area contributed by atoms with Crippen molar-refractivity contribution in [2.24, 2.45) is 0 Å². The molecule has 0 aliphatic heterocycles. The molecule has 6 heteroatoms. The highest BCUT2D eigenvalue weighted by Crippen LogP contribution is 2.26. The Morgan fingerprint density at radius 2 is 1.94 bits per heavy atom. The number of hydrogen-bond acceptors (Lipinski definition) is 3. The van der Waals surface area contributed by atoms with Crippen molar-refractivity contribution in [2.45, 2.75) is 0 Å². The molecule has 0 fully saturated rings. The molecule has 18 heavy (non-hydrogen) atoms. The van der Waals surface area contributed by atoms with Crippen LogP contribution in [0.5, 0.6) is 5.75 Å². The zero-order chi connectivity index (χ0) is 13.5. The smallest absolute Gasteiger partial charge is 0.337 e. The largest absolute Gasteiger partial charge is 0.497 e. The first-order valence-electron chi connectivity index (χ1n) is 5.42. The third-order valence-electron chi connectivity index (χ3n) is 2.48. The first-order valence-corrected chi connectivity index (χ1v) is 6.49. The Hall–Kier alpha value is -1.13. The summed E-state index contributed by atoms with van der Waals surface area (Å²) in [6, 6.07) is 4.82. The van der Waals surface area contributed by atoms with Crippen LogP contribution in [0, 0.1) is 0 Å². The second-order valence-corrected chi connectivity index (χ2v) is 4.31. The Morgan fingerprint density at radius 3 is 2.39 bits per heavy atom. The highest BCUT2D eigenvalue weighted by Gasteiger charge is 2.16. The van der Waals surface area contributed by atoms with Crippen LogP contribution in [0.1, 0.15) is 10.4 Å². The maximum Gasteiger partial charge on any atom is 0.337 e. The van der Waals surface area contributed by atoms with Gasteiger partial charge in [-0.3, -0.25) is 0 Å². The average molecular weight is 292 g/mol. The highest BCUT2D eigenvalue weighted by molar-refractivity contribution is 6.18. The van der Waals surface area contributed by atoms with Gasteiger partial charge in [-0.15, -0.1) is 23.2 Å². The van der Waals surface area contributed by atoms with Crippen LogP contribution in [0.15, 0.2) is 18.2 Å². The molecule has 0 unspecified atom stereocenters. The number of ether oxygens (including phenoxy) is 1. The van der Waals surface area contributed by atoms with E-state index in [0.717, 1.165) is 0 Å². The van der Waals surface area contributed by atoms with Crippen molar-refractivity contribution >= 4 is 34.9 Å². The summed E-state index contributed by atoms with van der Waals surface area (Å²) >= 11 is 11.4. The standard InChI is InChI=1S/C12H15Cl2NO3/c1-18-9-2-3-10(12(16)17)11(8-9)15(6-4-13)7-5-14/h2-3,8H,4-7H2,1H3,(H,16,17). The van der Waals surface area contributed by atoms with Gasteiger partial charge in [-0.25, -0.2) is 4.79 Å². The molecule has 0 saturated carbocycles. The van der Waals surface area contributed by atoms with E-state index in [-0.39, 0.29) is 5.56 Å². The number of halogens is 2. The fourth-order valence-corrected chi connectivity index (χ4v) is 2.05. The van der Waals surface area contributed by atoms with Crippen LogP contribution >= 0.6 is 23.2 Å². The number of alkyl halides is 2. The van der Waals surface area contributed by atoms with Crippen molar-refractivity contribution in [3.63, 3.8) is 0 Å². The molecule has 0 amide bonds. The first kappa shape index (κ1) is 14.9. The van der Waals surface area contributed by atoms with Gasteiger partial charge in [-0.2, -0.15) is 0 Å². The quantitative estimate of drug-likeness (QED) is 0.785. The van der Waals surface area contributed by atoms with Crippen molar-refractivity contribution in [3.8, 4) is 5.75 Å². The molecule has 0 atom stereocenters. The summed E-state index contributed by atoms with van der Waals surface area (Å²) in [7, 11) is 1.53. The molecule has 0 radical (unpaired) electrons. The number of anilines is 1. The summed E-state index contributed by atoms with van der Waals surface area (Å²) in [5.74, 6) is 0.409. The van der Waals surface area contributed by atoms with E-state index in [1.165, 1.54) is 13.2 Å². The van der Waals surface area contributed by atoms with Gasteiger partial charge in [-0.1, -0.05) is 0 Å². The first-order chi connectivity index (χ1) is 8.63. The van der Waals surface area contributed by atoms with Crippen molar-refractivity contribution in [1.82, 2.24) is 0 Å². The Balaban J connectivity index is 3.18. The van der Waals surface area contributed by atoms with Gasteiger partial charge in [0.1, 0.15) is 5.75 Å². The molecule has 1 rings (SSSR count). The van der Waals surface area contributed by atoms with Gasteiger partial charge < -0.3 is 14.7 Å². The predicted octanol–water partition coefficient (Wildman–Crippen LogP) is 2.68. The number of nitrogens with zero attached hydrogens (tertiary/aromatic N) is 1. The minimum absolute atomic E-state index is 0.214. The van der Waals surface area contributed by atoms with E-state index in [2.05, 4.69) is 0 Å². The summed E-state index contributed by atoms with van der Waals surface area (Å²) in [4.78, 5) is 13.0. The maximum absolute atomic E-state index is 11.2. The molecule has 1 aromatic rings. The second-order valence-electron chi connectivity index (χ2n) is 3.55. The summed E-state index contributed by atoms with van der Waals surface area (Å²) in [5.41, 5.74) is 0.786. The number of hydrogen-bond donors (Lipinski definition) is 1. The summed E-state index contributed by atoms with van der Waals surface area (Å²) < 4.78 is 5.11. The van der Waals surface area contributed by atoms with Gasteiger partial charge in [0.05, 0.1) is 18.4 Å². The number of methoxy groups -OCH3 is 1. The number of carboxylic acids is 1. The van der Waals surface area contributed by atoms with Crippen LogP contribution < -0.4 is 9.64 Å². The second kappa shape index (κ2) is 7.34. The lowest BCUT2D eigenvalue weighted by atomic mass is 10.1. The topological polar surface area (TPSA) is 49.8 Å². The van der Waals surface area contributed by atoms with Gasteiger partial charge in [0, 0.05) is 30.9 Å². The van der Waals surface area contributed by atoms with Crippen LogP contribution in [0.4, 0.5) is 5.69 Å². The van der Waals surface area contributed by atoms with E-state index in [1.807, 2.05) is 4.90 Å². The molecule has 4 nitrogen and oxygen atoms in total. The lowest BCUT2D eigenvalue weighted by Crippen LogP contribution is -2.29. The van der Waals surface area contributed by atoms with Crippen LogP contribution in [0.2, 0.25) is 0 Å². The molecule has 0 spiro atoms. The Kier molecular flexibility index (Phi) is 6.09. The fourth-order valence-electron chi connectivity index (χ4n) is 1.64. The van der Waals surface area contributed by atoms with Crippen LogP contribution in [0.3, 0.4) is 0 Å². The minimum Gasteiger partial charge on any atom is -0.497 e. The molecule has 0 aliphatic carbocycles. The molecule has 0 heterocycles. The van der Waals surface area contributed by atoms with E-state index in [1.54, 1.807) is 12.1 Å². The van der Waals surface area contributed by atoms with Crippen molar-refractivity contribution in [3.05, 3.63) is 23.8 Å². The van der Waals surface area contributed by atoms with E-state index in [0.29, 0.717) is 36.3 Å². The van der Waals surface area contributed by atoms with Gasteiger partial charge in [0.25, 0.3) is 0 Å². The minimum atomic E-state index is -0.984. The average Bonchev–Trinajstić information content (AvgIpc) is 2.37. The number of carbonyl (C=O) groups is 1. The summed E-state index contributed by atoms with van der Waals surface area (Å²) in [5, 5.41) is 9.18. The van der Waals surface area contributed by atoms with Gasteiger partial charge in [-0.05, 0) is 12.1 Å². The van der Waals surface area contributed by atoms with Crippen molar-refractivity contribution in [1.29, 1.82) is 0 Å². The SMILES string of the molecule is COc1ccc(C(=O)O)c(N(CCCl)CCCl)c1. The fraction of sp³-hybridized carbons (Fsp3) is 0.417. The molecule has 0 saturated heterocycles. The normalized spacial score (nSPS) is 10.2. The molecule has 0 aliphatic rings. The number of carboxylic acid groups (broad SMARTS) is 1. The Labute approximate surface area is 116 Å². The van der Waals surface area contributed by atoms with Gasteiger partial charge >= 0.3 is 5.97 Å². The van der Waals surface area contributed by atoms with Crippen LogP contribution in [-0.2, 0) is 0 Å². The van der Waals surface area contributed by atoms with E-state index < -0.39 is 5.97 Å². The summed E-state index contributed by atoms with van der Waals surface area (Å²) in [6.07, 6.45) is 0. The highest BCUT2D eigenvalue weighted by atomic mass is 35.5. The number of rotatable bonds is 7. The Morgan fingerprint density at radius 1 is 1.33 bits per heavy atom. The third kappa shape index (κ3) is 3.68. The van der Waals surface area contributed by atoms with E-state index >= 15 is 0 Å². The molecule has 0 bridgehead atoms. The van der Waals surface area contributed by atoms with Crippen molar-refractivity contribution < 1.29 is 14.6 Å². The molecule has 100 valence electrons. The molecule has 0 aromatic heterocycles. The monoisotopic (exact) mass is 291 g/mol. The third-order valence-corrected chi connectivity index (χ3v) is 2.82. The zero-order valence-electron chi connectivity index (χ0n) is 10.0. The molecular weight excluding hydrogens is 277 g/mol. The maximum atomic E-state index is 11.2. The molecule has 1 aromatic carbocycles. The molecular formula is C12H15Cl2NO3. The molecule has 1 N–H and O–H groups in total. The lowest BCUT2D eigenvalue weighted by Gasteiger charge is -2.24. The van der Waals surface area contributed by atoms with E-state index in [9.17, 15) is 9.90 Å². The zero-order valence-corrected chi connectivity index (χ0v) is 11.5. The Bertz CT molecular complexity index is 406. The van der Waals surface area contributed by atoms with Crippen molar-refractivity contribution in [2.75, 3.05) is 36.9 Å². The lowest BCUT2D eigenvalue weighted by molar-refractivity contribution is 0.0697. The van der Waals surface area contributed by atoms with Gasteiger partial charge in [0.15, 0.2) is 0 Å².